The molecule has 0 aliphatic carbocycles. The molecule has 6 nitrogen and oxygen atoms in total. The largest absolute Gasteiger partial charge is 0.318 e. The SMILES string of the molecule is O=C(Nc1c([N+](=O)[O-])ccc(F)c1F)C1CC2CCC1N2. The molecule has 0 radical (unpaired) electrons. The van der Waals surface area contributed by atoms with E-state index in [2.05, 4.69) is 10.6 Å². The van der Waals surface area contributed by atoms with Crippen LogP contribution in [0.15, 0.2) is 12.1 Å². The van der Waals surface area contributed by atoms with Crippen molar-refractivity contribution < 1.29 is 18.5 Å². The summed E-state index contributed by atoms with van der Waals surface area (Å²) in [5.41, 5.74) is -1.36. The van der Waals surface area contributed by atoms with E-state index in [1.807, 2.05) is 0 Å². The molecule has 2 aliphatic heterocycles. The Morgan fingerprint density at radius 3 is 2.71 bits per heavy atom. The molecule has 112 valence electrons. The average Bonchev–Trinajstić information content (AvgIpc) is 3.06. The van der Waals surface area contributed by atoms with Crippen molar-refractivity contribution in [3.63, 3.8) is 0 Å². The number of benzene rings is 1. The summed E-state index contributed by atoms with van der Waals surface area (Å²) in [5, 5.41) is 16.3. The van der Waals surface area contributed by atoms with Crippen molar-refractivity contribution in [2.24, 2.45) is 5.92 Å². The molecule has 2 aliphatic rings. The van der Waals surface area contributed by atoms with Gasteiger partial charge in [0.05, 0.1) is 10.8 Å². The van der Waals surface area contributed by atoms with Gasteiger partial charge in [-0.1, -0.05) is 0 Å². The summed E-state index contributed by atoms with van der Waals surface area (Å²) in [6, 6.07) is 1.78. The molecule has 3 rings (SSSR count). The van der Waals surface area contributed by atoms with Gasteiger partial charge >= 0.3 is 0 Å². The number of fused-ring (bicyclic) bond motifs is 2. The van der Waals surface area contributed by atoms with Crippen LogP contribution in [0.2, 0.25) is 0 Å². The van der Waals surface area contributed by atoms with Crippen LogP contribution in [0.3, 0.4) is 0 Å². The summed E-state index contributed by atoms with van der Waals surface area (Å²) in [5.74, 6) is -3.52. The van der Waals surface area contributed by atoms with Crippen LogP contribution < -0.4 is 10.6 Å². The zero-order valence-electron chi connectivity index (χ0n) is 10.9. The third kappa shape index (κ3) is 2.35. The number of carbonyl (C=O) groups excluding carboxylic acids is 1. The van der Waals surface area contributed by atoms with Gasteiger partial charge in [0, 0.05) is 18.2 Å². The number of carbonyl (C=O) groups is 1. The van der Waals surface area contributed by atoms with E-state index in [0.717, 1.165) is 18.9 Å². The van der Waals surface area contributed by atoms with Gasteiger partial charge in [-0.25, -0.2) is 8.78 Å². The van der Waals surface area contributed by atoms with E-state index in [9.17, 15) is 23.7 Å². The fraction of sp³-hybridized carbons (Fsp3) is 0.462. The Hall–Kier alpha value is -2.09. The van der Waals surface area contributed by atoms with E-state index in [4.69, 9.17) is 0 Å². The van der Waals surface area contributed by atoms with Crippen LogP contribution >= 0.6 is 0 Å². The van der Waals surface area contributed by atoms with Crippen LogP contribution in [0.25, 0.3) is 0 Å². The second-order valence-electron chi connectivity index (χ2n) is 5.39. The number of halogens is 2. The minimum atomic E-state index is -1.41. The number of amides is 1. The van der Waals surface area contributed by atoms with Gasteiger partial charge in [-0.3, -0.25) is 14.9 Å². The maximum absolute atomic E-state index is 13.7. The van der Waals surface area contributed by atoms with Gasteiger partial charge in [-0.2, -0.15) is 0 Å². The van der Waals surface area contributed by atoms with Gasteiger partial charge in [0.15, 0.2) is 17.3 Å². The number of nitrogens with zero attached hydrogens (tertiary/aromatic N) is 1. The van der Waals surface area contributed by atoms with Crippen LogP contribution in [0, 0.1) is 27.7 Å². The maximum Gasteiger partial charge on any atom is 0.296 e. The molecule has 1 aromatic rings. The summed E-state index contributed by atoms with van der Waals surface area (Å²) in [4.78, 5) is 22.2. The van der Waals surface area contributed by atoms with Gasteiger partial charge in [-0.15, -0.1) is 0 Å². The summed E-state index contributed by atoms with van der Waals surface area (Å²) >= 11 is 0. The zero-order valence-corrected chi connectivity index (χ0v) is 10.9. The normalized spacial score (nSPS) is 26.9. The van der Waals surface area contributed by atoms with Crippen LogP contribution in [-0.2, 0) is 4.79 Å². The summed E-state index contributed by atoms with van der Waals surface area (Å²) < 4.78 is 27.0. The molecule has 3 unspecified atom stereocenters. The first-order valence-corrected chi connectivity index (χ1v) is 6.66. The highest BCUT2D eigenvalue weighted by Crippen LogP contribution is 2.35. The van der Waals surface area contributed by atoms with Crippen LogP contribution in [0.1, 0.15) is 19.3 Å². The minimum Gasteiger partial charge on any atom is -0.318 e. The lowest BCUT2D eigenvalue weighted by atomic mass is 9.88. The van der Waals surface area contributed by atoms with Crippen molar-refractivity contribution in [2.45, 2.75) is 31.3 Å². The lowest BCUT2D eigenvalue weighted by Gasteiger charge is -2.19. The highest BCUT2D eigenvalue weighted by atomic mass is 19.2. The molecule has 8 heteroatoms. The monoisotopic (exact) mass is 297 g/mol. The number of nitro benzene ring substituents is 1. The summed E-state index contributed by atoms with van der Waals surface area (Å²) in [6.07, 6.45) is 2.45. The Kier molecular flexibility index (Phi) is 3.32. The molecule has 2 saturated heterocycles. The lowest BCUT2D eigenvalue weighted by molar-refractivity contribution is -0.384. The number of hydrogen-bond acceptors (Lipinski definition) is 4. The Balaban J connectivity index is 1.86. The van der Waals surface area contributed by atoms with Crippen molar-refractivity contribution in [3.8, 4) is 0 Å². The van der Waals surface area contributed by atoms with Crippen LogP contribution in [0.4, 0.5) is 20.2 Å². The fourth-order valence-electron chi connectivity index (χ4n) is 3.14. The Morgan fingerprint density at radius 1 is 1.38 bits per heavy atom. The molecule has 2 fully saturated rings. The van der Waals surface area contributed by atoms with E-state index in [0.29, 0.717) is 12.5 Å². The highest BCUT2D eigenvalue weighted by molar-refractivity contribution is 5.95. The van der Waals surface area contributed by atoms with E-state index < -0.39 is 33.8 Å². The predicted octanol–water partition coefficient (Wildman–Crippen LogP) is 1.95. The van der Waals surface area contributed by atoms with E-state index in [1.165, 1.54) is 0 Å². The van der Waals surface area contributed by atoms with Crippen molar-refractivity contribution in [3.05, 3.63) is 33.9 Å². The molecule has 3 atom stereocenters. The summed E-state index contributed by atoms with van der Waals surface area (Å²) in [6.45, 7) is 0. The first-order valence-electron chi connectivity index (χ1n) is 6.66. The first-order chi connectivity index (χ1) is 9.97. The summed E-state index contributed by atoms with van der Waals surface area (Å²) in [7, 11) is 0. The number of anilines is 1. The van der Waals surface area contributed by atoms with Gasteiger partial charge in [0.2, 0.25) is 5.91 Å². The van der Waals surface area contributed by atoms with Gasteiger partial charge in [0.25, 0.3) is 5.69 Å². The number of nitro groups is 1. The maximum atomic E-state index is 13.7. The van der Waals surface area contributed by atoms with Crippen molar-refractivity contribution in [1.82, 2.24) is 5.32 Å². The Labute approximate surface area is 118 Å². The van der Waals surface area contributed by atoms with E-state index in [-0.39, 0.29) is 18.0 Å². The molecule has 0 saturated carbocycles. The lowest BCUT2D eigenvalue weighted by Crippen LogP contribution is -2.33. The van der Waals surface area contributed by atoms with Gasteiger partial charge in [-0.05, 0) is 25.3 Å². The Bertz CT molecular complexity index is 623. The van der Waals surface area contributed by atoms with Crippen molar-refractivity contribution >= 4 is 17.3 Å². The molecule has 1 amide bonds. The molecule has 1 aromatic carbocycles. The smallest absolute Gasteiger partial charge is 0.296 e. The molecule has 2 heterocycles. The van der Waals surface area contributed by atoms with Crippen molar-refractivity contribution in [2.75, 3.05) is 5.32 Å². The van der Waals surface area contributed by atoms with E-state index in [1.54, 1.807) is 0 Å². The standard InChI is InChI=1S/C13H13F2N3O3/c14-8-2-4-10(18(20)21)12(11(8)15)17-13(19)7-5-6-1-3-9(7)16-6/h2,4,6-7,9,16H,1,3,5H2,(H,17,19). The quantitative estimate of drug-likeness (QED) is 0.659. The van der Waals surface area contributed by atoms with E-state index >= 15 is 0 Å². The molecular formula is C13H13F2N3O3. The zero-order chi connectivity index (χ0) is 15.1. The first kappa shape index (κ1) is 13.9. The topological polar surface area (TPSA) is 84.3 Å². The highest BCUT2D eigenvalue weighted by Gasteiger charge is 2.43. The molecular weight excluding hydrogens is 284 g/mol. The molecule has 2 bridgehead atoms. The fourth-order valence-corrected chi connectivity index (χ4v) is 3.14. The second kappa shape index (κ2) is 5.03. The number of rotatable bonds is 3. The van der Waals surface area contributed by atoms with Gasteiger partial charge in [0.1, 0.15) is 0 Å². The average molecular weight is 297 g/mol. The number of hydrogen-bond donors (Lipinski definition) is 2. The second-order valence-corrected chi connectivity index (χ2v) is 5.39. The Morgan fingerprint density at radius 2 is 2.14 bits per heavy atom. The van der Waals surface area contributed by atoms with Crippen LogP contribution in [0.5, 0.6) is 0 Å². The molecule has 0 aromatic heterocycles. The van der Waals surface area contributed by atoms with Crippen LogP contribution in [-0.4, -0.2) is 22.9 Å². The van der Waals surface area contributed by atoms with Gasteiger partial charge < -0.3 is 10.6 Å². The van der Waals surface area contributed by atoms with Crippen molar-refractivity contribution in [1.29, 1.82) is 0 Å². The minimum absolute atomic E-state index is 0.00526. The predicted molar refractivity (Wildman–Crippen MR) is 69.7 cm³/mol. The molecule has 21 heavy (non-hydrogen) atoms. The molecule has 2 N–H and O–H groups in total. The molecule has 0 spiro atoms. The number of nitrogens with one attached hydrogen (secondary N) is 2. The third-order valence-electron chi connectivity index (χ3n) is 4.15. The third-order valence-corrected chi connectivity index (χ3v) is 4.15.